The SMILES string of the molecule is CCCCC(CC)CO.OC1CCCOC1. The van der Waals surface area contributed by atoms with Gasteiger partial charge in [-0.3, -0.25) is 0 Å². The van der Waals surface area contributed by atoms with Gasteiger partial charge in [0.15, 0.2) is 0 Å². The maximum absolute atomic E-state index is 8.78. The second kappa shape index (κ2) is 11.4. The highest BCUT2D eigenvalue weighted by Gasteiger charge is 2.08. The van der Waals surface area contributed by atoms with E-state index in [1.54, 1.807) is 0 Å². The molecular formula is C13H28O3. The van der Waals surface area contributed by atoms with Crippen LogP contribution in [0.25, 0.3) is 0 Å². The van der Waals surface area contributed by atoms with Gasteiger partial charge in [-0.15, -0.1) is 0 Å². The highest BCUT2D eigenvalue weighted by Crippen LogP contribution is 2.10. The minimum atomic E-state index is -0.186. The molecule has 0 aliphatic carbocycles. The van der Waals surface area contributed by atoms with Gasteiger partial charge in [-0.2, -0.15) is 0 Å². The van der Waals surface area contributed by atoms with Gasteiger partial charge in [0, 0.05) is 13.2 Å². The molecule has 1 rings (SSSR count). The summed E-state index contributed by atoms with van der Waals surface area (Å²) in [6, 6.07) is 0. The van der Waals surface area contributed by atoms with Gasteiger partial charge >= 0.3 is 0 Å². The quantitative estimate of drug-likeness (QED) is 0.765. The lowest BCUT2D eigenvalue weighted by atomic mass is 10.0. The van der Waals surface area contributed by atoms with Crippen molar-refractivity contribution < 1.29 is 14.9 Å². The van der Waals surface area contributed by atoms with Crippen LogP contribution in [0.3, 0.4) is 0 Å². The Bertz CT molecular complexity index is 129. The third kappa shape index (κ3) is 9.13. The van der Waals surface area contributed by atoms with Crippen molar-refractivity contribution in [2.75, 3.05) is 19.8 Å². The molecule has 1 saturated heterocycles. The second-order valence-corrected chi connectivity index (χ2v) is 4.47. The number of aliphatic hydroxyl groups excluding tert-OH is 2. The summed E-state index contributed by atoms with van der Waals surface area (Å²) in [5.74, 6) is 0.560. The average molecular weight is 232 g/mol. The van der Waals surface area contributed by atoms with Crippen molar-refractivity contribution >= 4 is 0 Å². The van der Waals surface area contributed by atoms with Crippen molar-refractivity contribution in [2.45, 2.75) is 58.5 Å². The summed E-state index contributed by atoms with van der Waals surface area (Å²) >= 11 is 0. The van der Waals surface area contributed by atoms with E-state index in [4.69, 9.17) is 14.9 Å². The molecule has 0 aromatic carbocycles. The van der Waals surface area contributed by atoms with E-state index < -0.39 is 0 Å². The van der Waals surface area contributed by atoms with Gasteiger partial charge in [0.25, 0.3) is 0 Å². The monoisotopic (exact) mass is 232 g/mol. The van der Waals surface area contributed by atoms with Crippen LogP contribution in [0.2, 0.25) is 0 Å². The number of aliphatic hydroxyl groups is 2. The second-order valence-electron chi connectivity index (χ2n) is 4.47. The summed E-state index contributed by atoms with van der Waals surface area (Å²) in [6.07, 6.45) is 6.57. The highest BCUT2D eigenvalue weighted by molar-refractivity contribution is 4.57. The van der Waals surface area contributed by atoms with Crippen LogP contribution in [0.1, 0.15) is 52.4 Å². The van der Waals surface area contributed by atoms with Crippen LogP contribution in [0.15, 0.2) is 0 Å². The Kier molecular flexibility index (Phi) is 11.3. The lowest BCUT2D eigenvalue weighted by molar-refractivity contribution is -0.00535. The van der Waals surface area contributed by atoms with Crippen molar-refractivity contribution in [1.29, 1.82) is 0 Å². The van der Waals surface area contributed by atoms with E-state index in [2.05, 4.69) is 13.8 Å². The van der Waals surface area contributed by atoms with Crippen LogP contribution >= 0.6 is 0 Å². The third-order valence-corrected chi connectivity index (χ3v) is 2.94. The summed E-state index contributed by atoms with van der Waals surface area (Å²) in [5.41, 5.74) is 0. The van der Waals surface area contributed by atoms with E-state index >= 15 is 0 Å². The molecule has 1 aliphatic heterocycles. The molecule has 1 aliphatic rings. The number of unbranched alkanes of at least 4 members (excludes halogenated alkanes) is 1. The van der Waals surface area contributed by atoms with Gasteiger partial charge in [-0.1, -0.05) is 33.1 Å². The lowest BCUT2D eigenvalue weighted by Crippen LogP contribution is -2.21. The maximum atomic E-state index is 8.78. The van der Waals surface area contributed by atoms with E-state index in [-0.39, 0.29) is 6.10 Å². The first-order valence-electron chi connectivity index (χ1n) is 6.61. The summed E-state index contributed by atoms with van der Waals surface area (Å²) in [5, 5.41) is 17.5. The Morgan fingerprint density at radius 2 is 2.12 bits per heavy atom. The van der Waals surface area contributed by atoms with Crippen molar-refractivity contribution in [3.05, 3.63) is 0 Å². The lowest BCUT2D eigenvalue weighted by Gasteiger charge is -2.15. The van der Waals surface area contributed by atoms with Crippen LogP contribution in [-0.4, -0.2) is 36.1 Å². The largest absolute Gasteiger partial charge is 0.396 e. The van der Waals surface area contributed by atoms with Gasteiger partial charge in [-0.05, 0) is 25.2 Å². The number of hydrogen-bond donors (Lipinski definition) is 2. The first kappa shape index (κ1) is 15.9. The van der Waals surface area contributed by atoms with E-state index in [0.717, 1.165) is 25.9 Å². The van der Waals surface area contributed by atoms with Crippen molar-refractivity contribution in [3.63, 3.8) is 0 Å². The Balaban J connectivity index is 0.000000288. The molecule has 0 radical (unpaired) electrons. The summed E-state index contributed by atoms with van der Waals surface area (Å²) in [7, 11) is 0. The Morgan fingerprint density at radius 1 is 1.38 bits per heavy atom. The maximum Gasteiger partial charge on any atom is 0.0774 e. The van der Waals surface area contributed by atoms with Crippen LogP contribution in [-0.2, 0) is 4.74 Å². The fraction of sp³-hybridized carbons (Fsp3) is 1.00. The van der Waals surface area contributed by atoms with Crippen LogP contribution in [0.4, 0.5) is 0 Å². The van der Waals surface area contributed by atoms with Crippen molar-refractivity contribution in [2.24, 2.45) is 5.92 Å². The Hall–Kier alpha value is -0.120. The summed E-state index contributed by atoms with van der Waals surface area (Å²) in [6.45, 7) is 6.06. The van der Waals surface area contributed by atoms with Gasteiger partial charge < -0.3 is 14.9 Å². The van der Waals surface area contributed by atoms with Crippen LogP contribution in [0, 0.1) is 5.92 Å². The average Bonchev–Trinajstić information content (AvgIpc) is 2.32. The van der Waals surface area contributed by atoms with Gasteiger partial charge in [0.2, 0.25) is 0 Å². The van der Waals surface area contributed by atoms with E-state index in [0.29, 0.717) is 19.1 Å². The number of hydrogen-bond acceptors (Lipinski definition) is 3. The van der Waals surface area contributed by atoms with E-state index in [9.17, 15) is 0 Å². The first-order chi connectivity index (χ1) is 7.74. The minimum Gasteiger partial charge on any atom is -0.396 e. The molecule has 1 fully saturated rings. The van der Waals surface area contributed by atoms with E-state index in [1.165, 1.54) is 19.3 Å². The molecule has 2 unspecified atom stereocenters. The fourth-order valence-corrected chi connectivity index (χ4v) is 1.64. The minimum absolute atomic E-state index is 0.186. The first-order valence-corrected chi connectivity index (χ1v) is 6.61. The topological polar surface area (TPSA) is 49.7 Å². The summed E-state index contributed by atoms with van der Waals surface area (Å²) in [4.78, 5) is 0. The normalized spacial score (nSPS) is 22.1. The molecule has 2 atom stereocenters. The van der Waals surface area contributed by atoms with Crippen LogP contribution in [0.5, 0.6) is 0 Å². The number of rotatable bonds is 5. The predicted octanol–water partition coefficient (Wildman–Crippen LogP) is 2.35. The molecule has 0 aromatic heterocycles. The zero-order chi connectivity index (χ0) is 12.2. The molecular weight excluding hydrogens is 204 g/mol. The van der Waals surface area contributed by atoms with Crippen LogP contribution < -0.4 is 0 Å². The molecule has 3 nitrogen and oxygen atoms in total. The predicted molar refractivity (Wildman–Crippen MR) is 66.5 cm³/mol. The highest BCUT2D eigenvalue weighted by atomic mass is 16.5. The molecule has 0 bridgehead atoms. The molecule has 98 valence electrons. The third-order valence-electron chi connectivity index (χ3n) is 2.94. The Morgan fingerprint density at radius 3 is 2.44 bits per heavy atom. The zero-order valence-corrected chi connectivity index (χ0v) is 10.8. The standard InChI is InChI=1S/C8H18O.C5H10O2/c1-3-5-6-8(4-2)7-9;6-5-2-1-3-7-4-5/h8-9H,3-7H2,1-2H3;5-6H,1-4H2. The van der Waals surface area contributed by atoms with Gasteiger partial charge in [0.05, 0.1) is 12.7 Å². The fourth-order valence-electron chi connectivity index (χ4n) is 1.64. The molecule has 0 aromatic rings. The smallest absolute Gasteiger partial charge is 0.0774 e. The molecule has 1 heterocycles. The van der Waals surface area contributed by atoms with Crippen molar-refractivity contribution in [3.8, 4) is 0 Å². The molecule has 0 saturated carbocycles. The molecule has 2 N–H and O–H groups in total. The molecule has 0 spiro atoms. The zero-order valence-electron chi connectivity index (χ0n) is 10.8. The summed E-state index contributed by atoms with van der Waals surface area (Å²) < 4.78 is 4.93. The Labute approximate surface area is 99.8 Å². The van der Waals surface area contributed by atoms with Gasteiger partial charge in [0.1, 0.15) is 0 Å². The molecule has 3 heteroatoms. The molecule has 0 amide bonds. The van der Waals surface area contributed by atoms with E-state index in [1.807, 2.05) is 0 Å². The number of ether oxygens (including phenoxy) is 1. The molecule has 16 heavy (non-hydrogen) atoms. The van der Waals surface area contributed by atoms with Gasteiger partial charge in [-0.25, -0.2) is 0 Å². The van der Waals surface area contributed by atoms with Crippen molar-refractivity contribution in [1.82, 2.24) is 0 Å².